The van der Waals surface area contributed by atoms with E-state index in [0.29, 0.717) is 34.6 Å². The molecular weight excluding hydrogens is 742 g/mol. The van der Waals surface area contributed by atoms with Gasteiger partial charge in [0.2, 0.25) is 5.88 Å². The lowest BCUT2D eigenvalue weighted by molar-refractivity contribution is 0.436. The number of fused-ring (bicyclic) bond motifs is 2. The first-order valence-corrected chi connectivity index (χ1v) is 18.9. The fourth-order valence-electron chi connectivity index (χ4n) is 5.79. The highest BCUT2D eigenvalue weighted by Crippen LogP contribution is 2.43. The van der Waals surface area contributed by atoms with Gasteiger partial charge in [-0.3, -0.25) is 4.55 Å². The van der Waals surface area contributed by atoms with Crippen LogP contribution in [-0.4, -0.2) is 19.5 Å². The molecule has 1 N–H and O–H groups in total. The normalized spacial score (nSPS) is 14.2. The lowest BCUT2D eigenvalue weighted by atomic mass is 10.0. The van der Waals surface area contributed by atoms with Crippen LogP contribution in [-0.2, 0) is 15.9 Å². The largest absolute Gasteiger partial charge is 0.456 e. The van der Waals surface area contributed by atoms with E-state index in [1.807, 2.05) is 79.7 Å². The van der Waals surface area contributed by atoms with Crippen LogP contribution in [0.1, 0.15) is 50.9 Å². The number of rotatable bonds is 11. The number of ether oxygens (including phenoxy) is 1. The van der Waals surface area contributed by atoms with Gasteiger partial charge in [0.25, 0.3) is 10.1 Å². The monoisotopic (exact) mass is 775 g/mol. The standard InChI is InChI=1S/C38H35Br2NO5S/c1-3-5-6-19-41-34-23-29(27-9-15-31(40)16-10-27)12-18-36(34)46-38(41)21-25(4-2)20-37-33(24-47(42,43)44)32-22-28(11-17-35(32)45-37)26-7-13-30(39)14-8-26/h7-18,20-23H,3-6,19,24H2,1-2H3,(H,42,43,44)/b25-20-,38-21-. The highest BCUT2D eigenvalue weighted by molar-refractivity contribution is 9.10. The zero-order valence-electron chi connectivity index (χ0n) is 26.2. The summed E-state index contributed by atoms with van der Waals surface area (Å²) < 4.78 is 49.0. The predicted molar refractivity (Wildman–Crippen MR) is 198 cm³/mol. The van der Waals surface area contributed by atoms with E-state index in [1.54, 1.807) is 0 Å². The molecule has 9 heteroatoms. The molecule has 4 aromatic carbocycles. The van der Waals surface area contributed by atoms with Crippen LogP contribution in [0.25, 0.3) is 39.3 Å². The Morgan fingerprint density at radius 3 is 2.06 bits per heavy atom. The number of halogens is 2. The minimum absolute atomic E-state index is 0.393. The quantitative estimate of drug-likeness (QED) is 0.106. The summed E-state index contributed by atoms with van der Waals surface area (Å²) in [6.45, 7) is 5.02. The van der Waals surface area contributed by atoms with Crippen molar-refractivity contribution in [3.05, 3.63) is 123 Å². The molecule has 0 unspecified atom stereocenters. The molecule has 0 radical (unpaired) electrons. The summed E-state index contributed by atoms with van der Waals surface area (Å²) in [5, 5.41) is 0.642. The Kier molecular flexibility index (Phi) is 10.1. The Labute approximate surface area is 292 Å². The van der Waals surface area contributed by atoms with E-state index in [2.05, 4.69) is 67.9 Å². The van der Waals surface area contributed by atoms with Gasteiger partial charge < -0.3 is 14.1 Å². The van der Waals surface area contributed by atoms with Crippen molar-refractivity contribution >= 4 is 64.7 Å². The third-order valence-electron chi connectivity index (χ3n) is 8.25. The molecule has 0 spiro atoms. The molecule has 1 aromatic heterocycles. The van der Waals surface area contributed by atoms with E-state index in [-0.39, 0.29) is 0 Å². The van der Waals surface area contributed by atoms with Crippen molar-refractivity contribution < 1.29 is 22.1 Å². The van der Waals surface area contributed by atoms with E-state index in [0.717, 1.165) is 74.0 Å². The average Bonchev–Trinajstić information content (AvgIpc) is 3.56. The van der Waals surface area contributed by atoms with Gasteiger partial charge in [-0.05, 0) is 95.3 Å². The van der Waals surface area contributed by atoms with Crippen molar-refractivity contribution in [3.8, 4) is 28.0 Å². The molecule has 6 rings (SSSR count). The van der Waals surface area contributed by atoms with Gasteiger partial charge in [-0.25, -0.2) is 0 Å². The molecular formula is C38H35Br2NO5S. The minimum Gasteiger partial charge on any atom is -0.456 e. The second-order valence-corrected chi connectivity index (χ2v) is 14.9. The van der Waals surface area contributed by atoms with Gasteiger partial charge in [0.15, 0.2) is 5.75 Å². The maximum atomic E-state index is 12.2. The Bertz CT molecular complexity index is 2080. The summed E-state index contributed by atoms with van der Waals surface area (Å²) in [7, 11) is -4.34. The number of benzene rings is 4. The van der Waals surface area contributed by atoms with Crippen molar-refractivity contribution in [3.63, 3.8) is 0 Å². The van der Waals surface area contributed by atoms with E-state index >= 15 is 0 Å². The van der Waals surface area contributed by atoms with Gasteiger partial charge >= 0.3 is 0 Å². The fourth-order valence-corrected chi connectivity index (χ4v) is 6.98. The van der Waals surface area contributed by atoms with Crippen molar-refractivity contribution in [2.45, 2.75) is 45.3 Å². The van der Waals surface area contributed by atoms with Gasteiger partial charge in [0.05, 0.1) is 5.69 Å². The predicted octanol–water partition coefficient (Wildman–Crippen LogP) is 11.4. The summed E-state index contributed by atoms with van der Waals surface area (Å²) in [6.07, 6.45) is 7.71. The van der Waals surface area contributed by atoms with E-state index < -0.39 is 15.9 Å². The first-order chi connectivity index (χ1) is 22.6. The van der Waals surface area contributed by atoms with Gasteiger partial charge in [-0.2, -0.15) is 8.42 Å². The third kappa shape index (κ3) is 7.75. The molecule has 5 aromatic rings. The summed E-state index contributed by atoms with van der Waals surface area (Å²) >= 11 is 7.00. The van der Waals surface area contributed by atoms with Crippen molar-refractivity contribution in [1.82, 2.24) is 0 Å². The highest BCUT2D eigenvalue weighted by Gasteiger charge is 2.27. The molecule has 0 saturated carbocycles. The Morgan fingerprint density at radius 2 is 1.45 bits per heavy atom. The smallest absolute Gasteiger partial charge is 0.269 e. The molecule has 0 fully saturated rings. The molecule has 0 atom stereocenters. The summed E-state index contributed by atoms with van der Waals surface area (Å²) in [6, 6.07) is 28.1. The topological polar surface area (TPSA) is 80.0 Å². The lowest BCUT2D eigenvalue weighted by Gasteiger charge is -2.19. The van der Waals surface area contributed by atoms with Crippen molar-refractivity contribution in [2.75, 3.05) is 11.4 Å². The Balaban J connectivity index is 1.40. The Morgan fingerprint density at radius 1 is 0.830 bits per heavy atom. The van der Waals surface area contributed by atoms with Gasteiger partial charge in [0, 0.05) is 32.5 Å². The van der Waals surface area contributed by atoms with Crippen LogP contribution in [0.2, 0.25) is 0 Å². The van der Waals surface area contributed by atoms with Crippen LogP contribution in [0.3, 0.4) is 0 Å². The SMILES string of the molecule is CCCCCN1/C(=C/C(=C\c2oc3ccc(-c4ccc(Br)cc4)cc3c2CS(=O)(=O)O)CC)Oc2ccc(-c3ccc(Br)cc3)cc21. The fraction of sp³-hybridized carbons (Fsp3) is 0.211. The van der Waals surface area contributed by atoms with E-state index in [1.165, 1.54) is 0 Å². The zero-order valence-corrected chi connectivity index (χ0v) is 30.2. The molecule has 0 saturated heterocycles. The van der Waals surface area contributed by atoms with Gasteiger partial charge in [-0.1, -0.05) is 94.9 Å². The van der Waals surface area contributed by atoms with Gasteiger partial charge in [0.1, 0.15) is 17.1 Å². The molecule has 0 amide bonds. The first kappa shape index (κ1) is 33.3. The van der Waals surface area contributed by atoms with Crippen LogP contribution in [0, 0.1) is 0 Å². The van der Waals surface area contributed by atoms with Crippen LogP contribution in [0.15, 0.2) is 116 Å². The number of anilines is 1. The maximum Gasteiger partial charge on any atom is 0.269 e. The van der Waals surface area contributed by atoms with E-state index in [4.69, 9.17) is 9.15 Å². The Hall–Kier alpha value is -3.63. The summed E-state index contributed by atoms with van der Waals surface area (Å²) in [5.74, 6) is 1.33. The number of furan rings is 1. The van der Waals surface area contributed by atoms with Gasteiger partial charge in [-0.15, -0.1) is 0 Å². The van der Waals surface area contributed by atoms with Crippen LogP contribution in [0.4, 0.5) is 5.69 Å². The molecule has 2 heterocycles. The molecule has 1 aliphatic heterocycles. The van der Waals surface area contributed by atoms with Crippen LogP contribution in [0.5, 0.6) is 5.75 Å². The number of nitrogens with zero attached hydrogens (tertiary/aromatic N) is 1. The number of hydrogen-bond acceptors (Lipinski definition) is 5. The highest BCUT2D eigenvalue weighted by atomic mass is 79.9. The summed E-state index contributed by atoms with van der Waals surface area (Å²) in [5.41, 5.74) is 6.99. The number of hydrogen-bond donors (Lipinski definition) is 1. The zero-order chi connectivity index (χ0) is 33.1. The number of unbranched alkanes of at least 4 members (excludes halogenated alkanes) is 2. The van der Waals surface area contributed by atoms with Crippen LogP contribution < -0.4 is 9.64 Å². The lowest BCUT2D eigenvalue weighted by Crippen LogP contribution is -2.21. The maximum absolute atomic E-state index is 12.2. The molecule has 1 aliphatic rings. The van der Waals surface area contributed by atoms with Crippen LogP contribution >= 0.6 is 31.9 Å². The molecule has 47 heavy (non-hydrogen) atoms. The minimum atomic E-state index is -4.34. The summed E-state index contributed by atoms with van der Waals surface area (Å²) in [4.78, 5) is 2.22. The number of allylic oxidation sites excluding steroid dienone is 2. The second-order valence-electron chi connectivity index (χ2n) is 11.6. The molecule has 6 nitrogen and oxygen atoms in total. The van der Waals surface area contributed by atoms with E-state index in [9.17, 15) is 13.0 Å². The van der Waals surface area contributed by atoms with Crippen molar-refractivity contribution in [1.29, 1.82) is 0 Å². The molecule has 0 aliphatic carbocycles. The van der Waals surface area contributed by atoms with Crippen molar-refractivity contribution in [2.24, 2.45) is 0 Å². The second kappa shape index (κ2) is 14.2. The molecule has 0 bridgehead atoms. The molecule has 242 valence electrons. The average molecular weight is 778 g/mol. The first-order valence-electron chi connectivity index (χ1n) is 15.7. The third-order valence-corrected chi connectivity index (χ3v) is 9.96.